The van der Waals surface area contributed by atoms with Crippen LogP contribution in [0.4, 0.5) is 17.5 Å². The lowest BCUT2D eigenvalue weighted by Crippen LogP contribution is -2.52. The SMILES string of the molecule is COCCN1CCc2ccc(Nc3ncc(Cl)c(NC4CCCC4(C(N)=O)C(=O)OC)n3)cc2CC1. The summed E-state index contributed by atoms with van der Waals surface area (Å²) in [6, 6.07) is 5.70. The number of nitrogens with two attached hydrogens (primary N) is 1. The molecule has 1 fully saturated rings. The van der Waals surface area contributed by atoms with Crippen molar-refractivity contribution in [3.8, 4) is 0 Å². The van der Waals surface area contributed by atoms with Gasteiger partial charge in [-0.3, -0.25) is 9.59 Å². The van der Waals surface area contributed by atoms with E-state index in [0.717, 1.165) is 44.8 Å². The Morgan fingerprint density at radius 3 is 2.75 bits per heavy atom. The maximum atomic E-state index is 12.5. The highest BCUT2D eigenvalue weighted by Gasteiger charge is 2.55. The molecular formula is C25H33ClN6O4. The number of nitrogens with one attached hydrogen (secondary N) is 2. The van der Waals surface area contributed by atoms with Gasteiger partial charge in [0.25, 0.3) is 0 Å². The highest BCUT2D eigenvalue weighted by Crippen LogP contribution is 2.41. The molecule has 2 heterocycles. The molecule has 2 atom stereocenters. The molecule has 2 aromatic rings. The number of amides is 1. The summed E-state index contributed by atoms with van der Waals surface area (Å²) in [5.74, 6) is -0.713. The largest absolute Gasteiger partial charge is 0.468 e. The minimum atomic E-state index is -1.47. The van der Waals surface area contributed by atoms with Gasteiger partial charge in [0, 0.05) is 32.4 Å². The quantitative estimate of drug-likeness (QED) is 0.339. The number of nitrogens with zero attached hydrogens (tertiary/aromatic N) is 3. The summed E-state index contributed by atoms with van der Waals surface area (Å²) in [7, 11) is 2.98. The van der Waals surface area contributed by atoms with E-state index in [4.69, 9.17) is 26.8 Å². The van der Waals surface area contributed by atoms with Gasteiger partial charge in [0.1, 0.15) is 5.02 Å². The molecule has 1 aliphatic heterocycles. The van der Waals surface area contributed by atoms with Crippen molar-refractivity contribution >= 4 is 40.9 Å². The molecule has 0 bridgehead atoms. The van der Waals surface area contributed by atoms with Crippen molar-refractivity contribution in [3.63, 3.8) is 0 Å². The molecule has 1 saturated carbocycles. The number of esters is 1. The van der Waals surface area contributed by atoms with Gasteiger partial charge in [-0.1, -0.05) is 17.7 Å². The zero-order valence-electron chi connectivity index (χ0n) is 20.7. The highest BCUT2D eigenvalue weighted by molar-refractivity contribution is 6.32. The summed E-state index contributed by atoms with van der Waals surface area (Å²) >= 11 is 6.37. The van der Waals surface area contributed by atoms with Crippen molar-refractivity contribution in [2.75, 3.05) is 51.1 Å². The second kappa shape index (κ2) is 11.4. The molecule has 2 aliphatic rings. The summed E-state index contributed by atoms with van der Waals surface area (Å²) in [6.45, 7) is 3.65. The number of aromatic nitrogens is 2. The standard InChI is InChI=1S/C25H33ClN6O4/c1-35-13-12-32-10-7-16-5-6-18(14-17(16)8-11-32)29-24-28-15-19(26)21(31-24)30-20-4-3-9-25(20,22(27)33)23(34)36-2/h5-6,14-15,20H,3-4,7-13H2,1-2H3,(H2,27,33)(H2,28,29,30,31). The van der Waals surface area contributed by atoms with E-state index in [1.807, 2.05) is 6.07 Å². The molecule has 1 aromatic carbocycles. The third-order valence-electron chi connectivity index (χ3n) is 7.17. The van der Waals surface area contributed by atoms with Crippen LogP contribution in [0.25, 0.3) is 0 Å². The zero-order valence-corrected chi connectivity index (χ0v) is 21.4. The number of hydrogen-bond donors (Lipinski definition) is 3. The third-order valence-corrected chi connectivity index (χ3v) is 7.45. The van der Waals surface area contributed by atoms with Crippen LogP contribution in [0.2, 0.25) is 5.02 Å². The van der Waals surface area contributed by atoms with Crippen LogP contribution in [-0.2, 0) is 31.9 Å². The lowest BCUT2D eigenvalue weighted by atomic mass is 9.81. The van der Waals surface area contributed by atoms with Gasteiger partial charge in [-0.2, -0.15) is 4.98 Å². The number of primary amides is 1. The number of rotatable bonds is 9. The van der Waals surface area contributed by atoms with E-state index >= 15 is 0 Å². The Bertz CT molecular complexity index is 1120. The molecule has 194 valence electrons. The Balaban J connectivity index is 1.50. The van der Waals surface area contributed by atoms with Gasteiger partial charge in [0.15, 0.2) is 11.2 Å². The first-order valence-electron chi connectivity index (χ1n) is 12.1. The van der Waals surface area contributed by atoms with Crippen LogP contribution in [0.15, 0.2) is 24.4 Å². The van der Waals surface area contributed by atoms with Crippen molar-refractivity contribution in [2.24, 2.45) is 11.1 Å². The number of benzene rings is 1. The number of ether oxygens (including phenoxy) is 2. The van der Waals surface area contributed by atoms with Crippen molar-refractivity contribution in [1.82, 2.24) is 14.9 Å². The maximum Gasteiger partial charge on any atom is 0.323 e. The Morgan fingerprint density at radius 1 is 1.25 bits per heavy atom. The highest BCUT2D eigenvalue weighted by atomic mass is 35.5. The molecule has 2 unspecified atom stereocenters. The lowest BCUT2D eigenvalue weighted by molar-refractivity contribution is -0.157. The van der Waals surface area contributed by atoms with Gasteiger partial charge in [-0.25, -0.2) is 4.98 Å². The fourth-order valence-corrected chi connectivity index (χ4v) is 5.28. The number of hydrogen-bond acceptors (Lipinski definition) is 9. The van der Waals surface area contributed by atoms with E-state index in [9.17, 15) is 9.59 Å². The molecule has 1 amide bonds. The smallest absolute Gasteiger partial charge is 0.323 e. The number of carbonyl (C=O) groups excluding carboxylic acids is 2. The van der Waals surface area contributed by atoms with Crippen molar-refractivity contribution in [1.29, 1.82) is 0 Å². The van der Waals surface area contributed by atoms with E-state index in [-0.39, 0.29) is 5.02 Å². The zero-order chi connectivity index (χ0) is 25.7. The number of fused-ring (bicyclic) bond motifs is 1. The van der Waals surface area contributed by atoms with Crippen molar-refractivity contribution in [2.45, 2.75) is 38.1 Å². The lowest BCUT2D eigenvalue weighted by Gasteiger charge is -2.30. The fourth-order valence-electron chi connectivity index (χ4n) is 5.14. The van der Waals surface area contributed by atoms with E-state index in [1.165, 1.54) is 24.4 Å². The van der Waals surface area contributed by atoms with Gasteiger partial charge in [-0.05, 0) is 55.4 Å². The van der Waals surface area contributed by atoms with Gasteiger partial charge >= 0.3 is 5.97 Å². The first-order chi connectivity index (χ1) is 17.4. The molecule has 0 radical (unpaired) electrons. The molecule has 36 heavy (non-hydrogen) atoms. The van der Waals surface area contributed by atoms with Gasteiger partial charge in [-0.15, -0.1) is 0 Å². The van der Waals surface area contributed by atoms with Crippen LogP contribution in [0, 0.1) is 5.41 Å². The van der Waals surface area contributed by atoms with Crippen LogP contribution in [-0.4, -0.2) is 73.2 Å². The molecule has 4 rings (SSSR count). The molecule has 1 aromatic heterocycles. The summed E-state index contributed by atoms with van der Waals surface area (Å²) in [5.41, 5.74) is 7.69. The van der Waals surface area contributed by atoms with Crippen LogP contribution in [0.5, 0.6) is 0 Å². The second-order valence-electron chi connectivity index (χ2n) is 9.25. The molecule has 0 saturated heterocycles. The first-order valence-corrected chi connectivity index (χ1v) is 12.5. The topological polar surface area (TPSA) is 132 Å². The molecular weight excluding hydrogens is 484 g/mol. The van der Waals surface area contributed by atoms with E-state index < -0.39 is 23.3 Å². The van der Waals surface area contributed by atoms with Crippen LogP contribution in [0.3, 0.4) is 0 Å². The molecule has 11 heteroatoms. The Labute approximate surface area is 215 Å². The average Bonchev–Trinajstić information content (AvgIpc) is 3.19. The average molecular weight is 517 g/mol. The van der Waals surface area contributed by atoms with E-state index in [2.05, 4.69) is 37.6 Å². The van der Waals surface area contributed by atoms with E-state index in [0.29, 0.717) is 31.0 Å². The Kier molecular flexibility index (Phi) is 8.28. The molecule has 4 N–H and O–H groups in total. The van der Waals surface area contributed by atoms with Crippen LogP contribution >= 0.6 is 11.6 Å². The predicted molar refractivity (Wildman–Crippen MR) is 137 cm³/mol. The second-order valence-corrected chi connectivity index (χ2v) is 9.66. The van der Waals surface area contributed by atoms with Gasteiger partial charge in [0.05, 0.1) is 26.0 Å². The monoisotopic (exact) mass is 516 g/mol. The number of methoxy groups -OCH3 is 2. The third kappa shape index (κ3) is 5.40. The molecule has 1 aliphatic carbocycles. The minimum Gasteiger partial charge on any atom is -0.468 e. The van der Waals surface area contributed by atoms with Gasteiger partial charge in [0.2, 0.25) is 11.9 Å². The van der Waals surface area contributed by atoms with Gasteiger partial charge < -0.3 is 30.7 Å². The summed E-state index contributed by atoms with van der Waals surface area (Å²) in [6.07, 6.45) is 4.92. The van der Waals surface area contributed by atoms with Crippen molar-refractivity contribution < 1.29 is 19.1 Å². The Hall–Kier alpha value is -2.95. The summed E-state index contributed by atoms with van der Waals surface area (Å²) in [5, 5.41) is 6.69. The number of halogens is 1. The summed E-state index contributed by atoms with van der Waals surface area (Å²) < 4.78 is 10.1. The first kappa shape index (κ1) is 26.1. The Morgan fingerprint density at radius 2 is 2.03 bits per heavy atom. The molecule has 10 nitrogen and oxygen atoms in total. The molecule has 0 spiro atoms. The minimum absolute atomic E-state index is 0.272. The summed E-state index contributed by atoms with van der Waals surface area (Å²) in [4.78, 5) is 36.1. The van der Waals surface area contributed by atoms with E-state index in [1.54, 1.807) is 7.11 Å². The number of carbonyl (C=O) groups is 2. The normalized spacial score (nSPS) is 21.9. The number of anilines is 3. The van der Waals surface area contributed by atoms with Crippen LogP contribution in [0.1, 0.15) is 30.4 Å². The predicted octanol–water partition coefficient (Wildman–Crippen LogP) is 2.53. The fraction of sp³-hybridized carbons (Fsp3) is 0.520. The van der Waals surface area contributed by atoms with Crippen LogP contribution < -0.4 is 16.4 Å². The van der Waals surface area contributed by atoms with Crippen molar-refractivity contribution in [3.05, 3.63) is 40.5 Å². The maximum absolute atomic E-state index is 12.5.